The van der Waals surface area contributed by atoms with Gasteiger partial charge in [-0.05, 0) is 41.7 Å². The number of thioether (sulfide) groups is 1. The number of hydrogen-bond donors (Lipinski definition) is 1. The molecular weight excluding hydrogens is 568 g/mol. The normalized spacial score (nSPS) is 12.4. The van der Waals surface area contributed by atoms with E-state index >= 15 is 0 Å². The molecule has 1 heterocycles. The molecule has 0 aliphatic carbocycles. The van der Waals surface area contributed by atoms with E-state index in [1.807, 2.05) is 36.4 Å². The van der Waals surface area contributed by atoms with Crippen LogP contribution >= 0.6 is 28.7 Å². The Hall–Kier alpha value is -1.92. The molecule has 0 fully saturated rings. The van der Waals surface area contributed by atoms with Gasteiger partial charge in [0.05, 0.1) is 18.0 Å². The summed E-state index contributed by atoms with van der Waals surface area (Å²) < 4.78 is 6.02. The minimum atomic E-state index is -0.131. The van der Waals surface area contributed by atoms with Crippen LogP contribution in [0, 0.1) is 0 Å². The molecule has 2 aromatic carbocycles. The molecule has 0 saturated carbocycles. The minimum absolute atomic E-state index is 0. The topological polar surface area (TPSA) is 41.6 Å². The van der Waals surface area contributed by atoms with Crippen molar-refractivity contribution in [1.29, 1.82) is 0 Å². The van der Waals surface area contributed by atoms with Crippen LogP contribution in [0.25, 0.3) is 0 Å². The van der Waals surface area contributed by atoms with Crippen molar-refractivity contribution in [3.63, 3.8) is 0 Å². The Kier molecular flexibility index (Phi) is 17.8. The highest BCUT2D eigenvalue weighted by atomic mass is 79.9. The van der Waals surface area contributed by atoms with E-state index in [1.165, 1.54) is 89.0 Å². The molecule has 4 nitrogen and oxygen atoms in total. The van der Waals surface area contributed by atoms with E-state index in [1.54, 1.807) is 11.8 Å². The van der Waals surface area contributed by atoms with Gasteiger partial charge in [0.15, 0.2) is 0 Å². The molecule has 216 valence electrons. The second kappa shape index (κ2) is 20.9. The van der Waals surface area contributed by atoms with E-state index < -0.39 is 0 Å². The van der Waals surface area contributed by atoms with Crippen LogP contribution in [0.1, 0.15) is 113 Å². The number of ether oxygens (including phenoxy) is 1. The number of carbonyl (C=O) groups is 1. The predicted octanol–water partition coefficient (Wildman–Crippen LogP) is 10.4. The number of rotatable bonds is 20. The Morgan fingerprint density at radius 3 is 2.00 bits per heavy atom. The number of nitrogens with one attached hydrogen (secondary N) is 1. The summed E-state index contributed by atoms with van der Waals surface area (Å²) in [5, 5.41) is 5.14. The van der Waals surface area contributed by atoms with Gasteiger partial charge in [-0.1, -0.05) is 115 Å². The van der Waals surface area contributed by atoms with Gasteiger partial charge in [0.1, 0.15) is 5.75 Å². The number of anilines is 1. The molecular formula is C33H49BrN2O2S. The molecule has 0 atom stereocenters. The fraction of sp³-hybridized carbons (Fsp3) is 0.545. The first-order valence-electron chi connectivity index (χ1n) is 14.9. The Balaban J connectivity index is 0.00000533. The quantitative estimate of drug-likeness (QED) is 0.150. The molecule has 0 radical (unpaired) electrons. The van der Waals surface area contributed by atoms with Crippen LogP contribution in [0.3, 0.4) is 0 Å². The van der Waals surface area contributed by atoms with E-state index in [4.69, 9.17) is 4.74 Å². The number of nitrogens with zero attached hydrogens (tertiary/aromatic N) is 1. The Labute approximate surface area is 252 Å². The van der Waals surface area contributed by atoms with Crippen molar-refractivity contribution in [2.45, 2.75) is 103 Å². The van der Waals surface area contributed by atoms with E-state index in [2.05, 4.69) is 40.9 Å². The summed E-state index contributed by atoms with van der Waals surface area (Å²) in [6, 6.07) is 15.6. The highest BCUT2D eigenvalue weighted by Gasteiger charge is 2.13. The standard InChI is InChI=1S/C33H48N2O2S.BrH/c1-2-3-4-5-6-7-8-9-10-11-12-13-14-17-25-37-32-19-16-15-18-31(32)33(36)34-30-22-20-29(21-23-30)27-35-24-26-38-28-35;/h15-16,18-24,26H,2-14,17,25,27-28H2,1H3,(H,34,36);1H. The van der Waals surface area contributed by atoms with Gasteiger partial charge in [0.25, 0.3) is 5.91 Å². The molecule has 39 heavy (non-hydrogen) atoms. The predicted molar refractivity (Wildman–Crippen MR) is 174 cm³/mol. The van der Waals surface area contributed by atoms with Gasteiger partial charge in [-0.2, -0.15) is 0 Å². The summed E-state index contributed by atoms with van der Waals surface area (Å²) in [6.45, 7) is 3.82. The summed E-state index contributed by atoms with van der Waals surface area (Å²) in [6.07, 6.45) is 20.9. The van der Waals surface area contributed by atoms with Crippen molar-refractivity contribution >= 4 is 40.3 Å². The fourth-order valence-electron chi connectivity index (χ4n) is 4.79. The van der Waals surface area contributed by atoms with Crippen molar-refractivity contribution in [3.8, 4) is 5.75 Å². The van der Waals surface area contributed by atoms with E-state index in [-0.39, 0.29) is 22.9 Å². The molecule has 0 bridgehead atoms. The van der Waals surface area contributed by atoms with Crippen LogP contribution in [-0.2, 0) is 6.54 Å². The number of halogens is 1. The van der Waals surface area contributed by atoms with Crippen LogP contribution < -0.4 is 10.1 Å². The molecule has 0 aromatic heterocycles. The van der Waals surface area contributed by atoms with Crippen LogP contribution in [0.4, 0.5) is 5.69 Å². The van der Waals surface area contributed by atoms with Gasteiger partial charge < -0.3 is 15.0 Å². The molecule has 2 aromatic rings. The van der Waals surface area contributed by atoms with Gasteiger partial charge in [0.2, 0.25) is 0 Å². The highest BCUT2D eigenvalue weighted by molar-refractivity contribution is 8.93. The third kappa shape index (κ3) is 13.8. The number of benzene rings is 2. The molecule has 0 unspecified atom stereocenters. The molecule has 1 aliphatic rings. The van der Waals surface area contributed by atoms with Gasteiger partial charge >= 0.3 is 0 Å². The maximum atomic E-state index is 12.9. The second-order valence-electron chi connectivity index (χ2n) is 10.4. The van der Waals surface area contributed by atoms with E-state index in [0.29, 0.717) is 17.9 Å². The summed E-state index contributed by atoms with van der Waals surface area (Å²) in [5.41, 5.74) is 2.61. The van der Waals surface area contributed by atoms with Gasteiger partial charge in [-0.15, -0.1) is 28.7 Å². The van der Waals surface area contributed by atoms with Crippen molar-refractivity contribution in [3.05, 3.63) is 71.3 Å². The monoisotopic (exact) mass is 616 g/mol. The van der Waals surface area contributed by atoms with Gasteiger partial charge in [0, 0.05) is 18.4 Å². The van der Waals surface area contributed by atoms with Crippen molar-refractivity contribution in [2.24, 2.45) is 0 Å². The lowest BCUT2D eigenvalue weighted by atomic mass is 10.0. The zero-order valence-electron chi connectivity index (χ0n) is 23.9. The lowest BCUT2D eigenvalue weighted by Gasteiger charge is -2.15. The van der Waals surface area contributed by atoms with Crippen LogP contribution in [-0.4, -0.2) is 23.3 Å². The largest absolute Gasteiger partial charge is 0.493 e. The number of hydrogen-bond acceptors (Lipinski definition) is 4. The molecule has 6 heteroatoms. The average Bonchev–Trinajstić information content (AvgIpc) is 3.45. The third-order valence-electron chi connectivity index (χ3n) is 7.09. The molecule has 1 N–H and O–H groups in total. The number of unbranched alkanes of at least 4 members (excludes halogenated alkanes) is 13. The smallest absolute Gasteiger partial charge is 0.259 e. The lowest BCUT2D eigenvalue weighted by molar-refractivity contribution is 0.102. The van der Waals surface area contributed by atoms with Crippen molar-refractivity contribution in [1.82, 2.24) is 4.90 Å². The SMILES string of the molecule is Br.CCCCCCCCCCCCCCCCOc1ccccc1C(=O)Nc1ccc(CN2C=CSC2)cc1. The molecule has 1 aliphatic heterocycles. The number of carbonyl (C=O) groups excluding carboxylic acids is 1. The summed E-state index contributed by atoms with van der Waals surface area (Å²) >= 11 is 1.80. The lowest BCUT2D eigenvalue weighted by Crippen LogP contribution is -2.14. The maximum absolute atomic E-state index is 12.9. The third-order valence-corrected chi connectivity index (χ3v) is 7.89. The van der Waals surface area contributed by atoms with Crippen molar-refractivity contribution < 1.29 is 9.53 Å². The summed E-state index contributed by atoms with van der Waals surface area (Å²) in [7, 11) is 0. The van der Waals surface area contributed by atoms with E-state index in [9.17, 15) is 4.79 Å². The molecule has 0 saturated heterocycles. The zero-order chi connectivity index (χ0) is 26.7. The highest BCUT2D eigenvalue weighted by Crippen LogP contribution is 2.22. The summed E-state index contributed by atoms with van der Waals surface area (Å²) in [5.74, 6) is 1.53. The molecule has 0 spiro atoms. The summed E-state index contributed by atoms with van der Waals surface area (Å²) in [4.78, 5) is 15.2. The fourth-order valence-corrected chi connectivity index (χ4v) is 5.51. The van der Waals surface area contributed by atoms with E-state index in [0.717, 1.165) is 24.5 Å². The number of amides is 1. The minimum Gasteiger partial charge on any atom is -0.493 e. The molecule has 1 amide bonds. The zero-order valence-corrected chi connectivity index (χ0v) is 26.4. The number of para-hydroxylation sites is 1. The molecule has 3 rings (SSSR count). The van der Waals surface area contributed by atoms with Crippen LogP contribution in [0.5, 0.6) is 5.75 Å². The Bertz CT molecular complexity index is 951. The first-order chi connectivity index (χ1) is 18.8. The van der Waals surface area contributed by atoms with Crippen LogP contribution in [0.15, 0.2) is 60.1 Å². The van der Waals surface area contributed by atoms with Gasteiger partial charge in [-0.25, -0.2) is 0 Å². The Morgan fingerprint density at radius 2 is 1.41 bits per heavy atom. The van der Waals surface area contributed by atoms with Gasteiger partial charge in [-0.3, -0.25) is 4.79 Å². The first kappa shape index (κ1) is 33.3. The second-order valence-corrected chi connectivity index (χ2v) is 11.3. The van der Waals surface area contributed by atoms with Crippen molar-refractivity contribution in [2.75, 3.05) is 17.8 Å². The Morgan fingerprint density at radius 1 is 0.821 bits per heavy atom. The maximum Gasteiger partial charge on any atom is 0.259 e. The average molecular weight is 618 g/mol. The first-order valence-corrected chi connectivity index (χ1v) is 16.0. The van der Waals surface area contributed by atoms with Crippen LogP contribution in [0.2, 0.25) is 0 Å².